The SMILES string of the molecule is NCCCc1csc(N2CCCC2)n1. The molecular weight excluding hydrogens is 194 g/mol. The molecule has 0 spiro atoms. The first-order valence-corrected chi connectivity index (χ1v) is 6.17. The second-order valence-electron chi connectivity index (χ2n) is 3.71. The van der Waals surface area contributed by atoms with E-state index in [1.54, 1.807) is 11.3 Å². The van der Waals surface area contributed by atoms with Crippen LogP contribution in [0.4, 0.5) is 5.13 Å². The zero-order valence-electron chi connectivity index (χ0n) is 8.41. The van der Waals surface area contributed by atoms with E-state index >= 15 is 0 Å². The van der Waals surface area contributed by atoms with Gasteiger partial charge in [-0.2, -0.15) is 0 Å². The number of anilines is 1. The second kappa shape index (κ2) is 4.75. The van der Waals surface area contributed by atoms with Crippen molar-refractivity contribution in [3.63, 3.8) is 0 Å². The third kappa shape index (κ3) is 2.25. The molecule has 2 heterocycles. The van der Waals surface area contributed by atoms with E-state index in [0.717, 1.165) is 19.4 Å². The fraction of sp³-hybridized carbons (Fsp3) is 0.700. The van der Waals surface area contributed by atoms with Gasteiger partial charge in [-0.3, -0.25) is 0 Å². The highest BCUT2D eigenvalue weighted by Gasteiger charge is 2.15. The number of hydrogen-bond donors (Lipinski definition) is 1. The maximum absolute atomic E-state index is 5.47. The van der Waals surface area contributed by atoms with Crippen LogP contribution < -0.4 is 10.6 Å². The van der Waals surface area contributed by atoms with Crippen LogP contribution in [-0.4, -0.2) is 24.6 Å². The van der Waals surface area contributed by atoms with Crippen LogP contribution in [0.5, 0.6) is 0 Å². The summed E-state index contributed by atoms with van der Waals surface area (Å²) in [7, 11) is 0. The van der Waals surface area contributed by atoms with Crippen LogP contribution >= 0.6 is 11.3 Å². The van der Waals surface area contributed by atoms with E-state index in [0.29, 0.717) is 0 Å². The fourth-order valence-corrected chi connectivity index (χ4v) is 2.66. The van der Waals surface area contributed by atoms with Gasteiger partial charge in [0.2, 0.25) is 0 Å². The van der Waals surface area contributed by atoms with Gasteiger partial charge >= 0.3 is 0 Å². The monoisotopic (exact) mass is 211 g/mol. The highest BCUT2D eigenvalue weighted by Crippen LogP contribution is 2.24. The summed E-state index contributed by atoms with van der Waals surface area (Å²) in [4.78, 5) is 7.00. The topological polar surface area (TPSA) is 42.1 Å². The summed E-state index contributed by atoms with van der Waals surface area (Å²) in [6.07, 6.45) is 4.71. The molecule has 3 nitrogen and oxygen atoms in total. The summed E-state index contributed by atoms with van der Waals surface area (Å²) >= 11 is 1.77. The largest absolute Gasteiger partial charge is 0.348 e. The third-order valence-electron chi connectivity index (χ3n) is 2.55. The first-order chi connectivity index (χ1) is 6.90. The molecule has 0 saturated carbocycles. The molecule has 0 atom stereocenters. The lowest BCUT2D eigenvalue weighted by molar-refractivity contribution is 0.812. The Kier molecular flexibility index (Phi) is 3.37. The molecule has 2 N–H and O–H groups in total. The van der Waals surface area contributed by atoms with Gasteiger partial charge < -0.3 is 10.6 Å². The van der Waals surface area contributed by atoms with Gasteiger partial charge in [0.1, 0.15) is 0 Å². The molecule has 0 bridgehead atoms. The predicted octanol–water partition coefficient (Wildman–Crippen LogP) is 1.63. The van der Waals surface area contributed by atoms with Gasteiger partial charge in [0.25, 0.3) is 0 Å². The van der Waals surface area contributed by atoms with Crippen LogP contribution in [0.3, 0.4) is 0 Å². The fourth-order valence-electron chi connectivity index (χ4n) is 1.75. The van der Waals surface area contributed by atoms with Crippen LogP contribution in [-0.2, 0) is 6.42 Å². The number of aryl methyl sites for hydroxylation is 1. The van der Waals surface area contributed by atoms with Crippen LogP contribution in [0.25, 0.3) is 0 Å². The summed E-state index contributed by atoms with van der Waals surface area (Å²) < 4.78 is 0. The summed E-state index contributed by atoms with van der Waals surface area (Å²) in [5, 5.41) is 3.37. The lowest BCUT2D eigenvalue weighted by Crippen LogP contribution is -2.17. The number of aromatic nitrogens is 1. The lowest BCUT2D eigenvalue weighted by atomic mass is 10.2. The molecule has 1 fully saturated rings. The van der Waals surface area contributed by atoms with E-state index in [1.165, 1.54) is 36.8 Å². The molecule has 1 aromatic heterocycles. The van der Waals surface area contributed by atoms with Gasteiger partial charge in [0.15, 0.2) is 5.13 Å². The summed E-state index contributed by atoms with van der Waals surface area (Å²) in [6, 6.07) is 0. The Balaban J connectivity index is 1.94. The van der Waals surface area contributed by atoms with Gasteiger partial charge in [0, 0.05) is 18.5 Å². The highest BCUT2D eigenvalue weighted by molar-refractivity contribution is 7.13. The molecule has 1 saturated heterocycles. The van der Waals surface area contributed by atoms with E-state index < -0.39 is 0 Å². The lowest BCUT2D eigenvalue weighted by Gasteiger charge is -2.12. The molecule has 2 rings (SSSR count). The van der Waals surface area contributed by atoms with Crippen LogP contribution in [0.2, 0.25) is 0 Å². The van der Waals surface area contributed by atoms with Gasteiger partial charge in [0.05, 0.1) is 5.69 Å². The number of thiazole rings is 1. The summed E-state index contributed by atoms with van der Waals surface area (Å²) in [5.41, 5.74) is 6.68. The molecule has 1 aliphatic heterocycles. The van der Waals surface area contributed by atoms with Gasteiger partial charge in [-0.25, -0.2) is 4.98 Å². The zero-order chi connectivity index (χ0) is 9.80. The Hall–Kier alpha value is -0.610. The molecular formula is C10H17N3S. The number of nitrogens with zero attached hydrogens (tertiary/aromatic N) is 2. The molecule has 0 amide bonds. The van der Waals surface area contributed by atoms with Crippen LogP contribution in [0.1, 0.15) is 25.0 Å². The Morgan fingerprint density at radius 3 is 2.93 bits per heavy atom. The number of nitrogens with two attached hydrogens (primary N) is 1. The van der Waals surface area contributed by atoms with Crippen molar-refractivity contribution in [2.75, 3.05) is 24.5 Å². The maximum atomic E-state index is 5.47. The standard InChI is InChI=1S/C10H17N3S/c11-5-3-4-9-8-14-10(12-9)13-6-1-2-7-13/h8H,1-7,11H2. The van der Waals surface area contributed by atoms with Crippen LogP contribution in [0.15, 0.2) is 5.38 Å². The molecule has 1 aliphatic rings. The van der Waals surface area contributed by atoms with Gasteiger partial charge in [-0.15, -0.1) is 11.3 Å². The quantitative estimate of drug-likeness (QED) is 0.823. The van der Waals surface area contributed by atoms with Gasteiger partial charge in [-0.1, -0.05) is 0 Å². The van der Waals surface area contributed by atoms with Crippen LogP contribution in [0, 0.1) is 0 Å². The van der Waals surface area contributed by atoms with Crippen molar-refractivity contribution in [2.24, 2.45) is 5.73 Å². The minimum atomic E-state index is 0.760. The summed E-state index contributed by atoms with van der Waals surface area (Å²) in [6.45, 7) is 3.13. The Bertz CT molecular complexity index is 279. The molecule has 0 aromatic carbocycles. The van der Waals surface area contributed by atoms with Crippen molar-refractivity contribution in [1.82, 2.24) is 4.98 Å². The molecule has 4 heteroatoms. The predicted molar refractivity (Wildman–Crippen MR) is 60.9 cm³/mol. The van der Waals surface area contributed by atoms with E-state index in [1.807, 2.05) is 0 Å². The van der Waals surface area contributed by atoms with Crippen molar-refractivity contribution < 1.29 is 0 Å². The van der Waals surface area contributed by atoms with E-state index in [2.05, 4.69) is 15.3 Å². The molecule has 0 radical (unpaired) electrons. The molecule has 0 unspecified atom stereocenters. The van der Waals surface area contributed by atoms with E-state index in [9.17, 15) is 0 Å². The van der Waals surface area contributed by atoms with Crippen molar-refractivity contribution in [2.45, 2.75) is 25.7 Å². The molecule has 78 valence electrons. The maximum Gasteiger partial charge on any atom is 0.185 e. The second-order valence-corrected chi connectivity index (χ2v) is 4.54. The minimum Gasteiger partial charge on any atom is -0.348 e. The Morgan fingerprint density at radius 1 is 1.43 bits per heavy atom. The average Bonchev–Trinajstić information content (AvgIpc) is 2.85. The van der Waals surface area contributed by atoms with Crippen molar-refractivity contribution in [1.29, 1.82) is 0 Å². The average molecular weight is 211 g/mol. The smallest absolute Gasteiger partial charge is 0.185 e. The number of rotatable bonds is 4. The minimum absolute atomic E-state index is 0.760. The van der Waals surface area contributed by atoms with Gasteiger partial charge in [-0.05, 0) is 32.2 Å². The zero-order valence-corrected chi connectivity index (χ0v) is 9.22. The molecule has 0 aliphatic carbocycles. The molecule has 1 aromatic rings. The first-order valence-electron chi connectivity index (χ1n) is 5.29. The Labute approximate surface area is 88.9 Å². The highest BCUT2D eigenvalue weighted by atomic mass is 32.1. The number of hydrogen-bond acceptors (Lipinski definition) is 4. The van der Waals surface area contributed by atoms with Crippen molar-refractivity contribution >= 4 is 16.5 Å². The first kappa shape index (κ1) is 9.93. The van der Waals surface area contributed by atoms with Crippen molar-refractivity contribution in [3.05, 3.63) is 11.1 Å². The third-order valence-corrected chi connectivity index (χ3v) is 3.50. The molecule has 14 heavy (non-hydrogen) atoms. The summed E-state index contributed by atoms with van der Waals surface area (Å²) in [5.74, 6) is 0. The van der Waals surface area contributed by atoms with E-state index in [4.69, 9.17) is 5.73 Å². The van der Waals surface area contributed by atoms with E-state index in [-0.39, 0.29) is 0 Å². The Morgan fingerprint density at radius 2 is 2.21 bits per heavy atom. The normalized spacial score (nSPS) is 16.5. The van der Waals surface area contributed by atoms with Crippen molar-refractivity contribution in [3.8, 4) is 0 Å².